The maximum absolute atomic E-state index is 9.25. The van der Waals surface area contributed by atoms with Gasteiger partial charge in [-0.1, -0.05) is 11.6 Å². The van der Waals surface area contributed by atoms with Gasteiger partial charge in [0, 0.05) is 24.7 Å². The Morgan fingerprint density at radius 2 is 2.41 bits per heavy atom. The van der Waals surface area contributed by atoms with E-state index < -0.39 is 0 Å². The minimum Gasteiger partial charge on any atom is -0.393 e. The van der Waals surface area contributed by atoms with Crippen LogP contribution in [0.5, 0.6) is 0 Å². The number of imidazole rings is 1. The summed E-state index contributed by atoms with van der Waals surface area (Å²) in [7, 11) is 2.02. The van der Waals surface area contributed by atoms with Crippen molar-refractivity contribution in [2.75, 3.05) is 13.6 Å². The molecule has 2 rings (SSSR count). The van der Waals surface area contributed by atoms with Crippen LogP contribution in [0.15, 0.2) is 11.6 Å². The zero-order valence-electron chi connectivity index (χ0n) is 9.93. The summed E-state index contributed by atoms with van der Waals surface area (Å²) in [6.45, 7) is 3.38. The zero-order valence-corrected chi connectivity index (χ0v) is 11.5. The predicted octanol–water partition coefficient (Wildman–Crippen LogP) is 2.25. The topological polar surface area (TPSA) is 40.8 Å². The molecule has 2 aromatic heterocycles. The number of hydrogen-bond donors (Lipinski definition) is 1. The quantitative estimate of drug-likeness (QED) is 0.908. The average molecular weight is 274 g/mol. The molecule has 17 heavy (non-hydrogen) atoms. The van der Waals surface area contributed by atoms with Gasteiger partial charge in [-0.2, -0.15) is 0 Å². The van der Waals surface area contributed by atoms with Crippen LogP contribution in [0.1, 0.15) is 19.0 Å². The van der Waals surface area contributed by atoms with Crippen LogP contribution in [-0.4, -0.2) is 39.1 Å². The molecule has 1 N–H and O–H groups in total. The number of aliphatic hydroxyl groups excluding tert-OH is 1. The van der Waals surface area contributed by atoms with Gasteiger partial charge in [0.2, 0.25) is 0 Å². The molecule has 1 atom stereocenters. The van der Waals surface area contributed by atoms with Gasteiger partial charge in [0.15, 0.2) is 10.1 Å². The Labute approximate surface area is 109 Å². The molecule has 2 heterocycles. The maximum atomic E-state index is 9.25. The minimum atomic E-state index is -0.264. The highest BCUT2D eigenvalue weighted by Crippen LogP contribution is 2.22. The molecule has 1 unspecified atom stereocenters. The van der Waals surface area contributed by atoms with Gasteiger partial charge in [0.25, 0.3) is 0 Å². The average Bonchev–Trinajstić information content (AvgIpc) is 2.79. The van der Waals surface area contributed by atoms with Gasteiger partial charge in [0.05, 0.1) is 11.8 Å². The molecule has 0 amide bonds. The smallest absolute Gasteiger partial charge is 0.195 e. The fourth-order valence-electron chi connectivity index (χ4n) is 1.69. The number of hydrogen-bond acceptors (Lipinski definition) is 4. The fourth-order valence-corrected chi connectivity index (χ4v) is 2.70. The molecule has 0 aliphatic carbocycles. The Morgan fingerprint density at radius 1 is 1.65 bits per heavy atom. The summed E-state index contributed by atoms with van der Waals surface area (Å²) in [4.78, 5) is 7.36. The van der Waals surface area contributed by atoms with Crippen molar-refractivity contribution in [3.05, 3.63) is 22.4 Å². The van der Waals surface area contributed by atoms with Gasteiger partial charge in [-0.25, -0.2) is 4.98 Å². The van der Waals surface area contributed by atoms with E-state index in [1.807, 2.05) is 23.0 Å². The van der Waals surface area contributed by atoms with Gasteiger partial charge in [0.1, 0.15) is 0 Å². The van der Waals surface area contributed by atoms with Crippen molar-refractivity contribution in [3.8, 4) is 0 Å². The lowest BCUT2D eigenvalue weighted by molar-refractivity contribution is 0.162. The molecule has 0 radical (unpaired) electrons. The number of nitrogens with zero attached hydrogens (tertiary/aromatic N) is 3. The molecule has 0 aliphatic rings. The third kappa shape index (κ3) is 2.98. The van der Waals surface area contributed by atoms with E-state index in [0.717, 1.165) is 30.2 Å². The molecule has 0 aliphatic heterocycles. The molecule has 0 fully saturated rings. The molecule has 4 nitrogen and oxygen atoms in total. The highest BCUT2D eigenvalue weighted by atomic mass is 35.5. The van der Waals surface area contributed by atoms with Crippen LogP contribution in [0.4, 0.5) is 0 Å². The molecular weight excluding hydrogens is 258 g/mol. The van der Waals surface area contributed by atoms with Crippen LogP contribution in [-0.2, 0) is 6.54 Å². The standard InChI is InChI=1S/C11H16ClN3OS/c1-8(16)3-4-14(2)7-9-10(12)13-11-15(9)5-6-17-11/h5-6,8,16H,3-4,7H2,1-2H3. The Morgan fingerprint density at radius 3 is 3.12 bits per heavy atom. The number of halogens is 1. The minimum absolute atomic E-state index is 0.264. The van der Waals surface area contributed by atoms with Crippen molar-refractivity contribution in [2.24, 2.45) is 0 Å². The lowest BCUT2D eigenvalue weighted by atomic mass is 10.2. The molecular formula is C11H16ClN3OS. The number of rotatable bonds is 5. The molecule has 6 heteroatoms. The Hall–Kier alpha value is -0.620. The summed E-state index contributed by atoms with van der Waals surface area (Å²) < 4.78 is 2.02. The Balaban J connectivity index is 2.06. The first-order valence-electron chi connectivity index (χ1n) is 5.54. The second-order valence-corrected chi connectivity index (χ2v) is 5.51. The molecule has 0 spiro atoms. The van der Waals surface area contributed by atoms with Gasteiger partial charge in [-0.15, -0.1) is 11.3 Å². The van der Waals surface area contributed by atoms with Crippen LogP contribution in [0, 0.1) is 0 Å². The van der Waals surface area contributed by atoms with E-state index in [1.165, 1.54) is 0 Å². The van der Waals surface area contributed by atoms with Crippen molar-refractivity contribution in [3.63, 3.8) is 0 Å². The van der Waals surface area contributed by atoms with Crippen LogP contribution in [0.2, 0.25) is 5.15 Å². The van der Waals surface area contributed by atoms with E-state index in [4.69, 9.17) is 11.6 Å². The molecule has 0 bridgehead atoms. The van der Waals surface area contributed by atoms with Crippen LogP contribution in [0.3, 0.4) is 0 Å². The van der Waals surface area contributed by atoms with Crippen LogP contribution in [0.25, 0.3) is 4.96 Å². The number of aromatic nitrogens is 2. The van der Waals surface area contributed by atoms with Gasteiger partial charge >= 0.3 is 0 Å². The van der Waals surface area contributed by atoms with E-state index in [2.05, 4.69) is 9.88 Å². The Bertz CT molecular complexity index is 494. The second kappa shape index (κ2) is 5.35. The maximum Gasteiger partial charge on any atom is 0.195 e. The summed E-state index contributed by atoms with van der Waals surface area (Å²) in [5.41, 5.74) is 1.01. The lowest BCUT2D eigenvalue weighted by Gasteiger charge is -2.17. The van der Waals surface area contributed by atoms with Crippen LogP contribution < -0.4 is 0 Å². The van der Waals surface area contributed by atoms with Crippen molar-refractivity contribution < 1.29 is 5.11 Å². The van der Waals surface area contributed by atoms with Gasteiger partial charge in [-0.05, 0) is 20.4 Å². The second-order valence-electron chi connectivity index (χ2n) is 4.28. The molecule has 0 saturated heterocycles. The number of fused-ring (bicyclic) bond motifs is 1. The summed E-state index contributed by atoms with van der Waals surface area (Å²) in [5, 5.41) is 11.8. The first-order chi connectivity index (χ1) is 8.08. The van der Waals surface area contributed by atoms with Gasteiger partial charge < -0.3 is 10.0 Å². The van der Waals surface area contributed by atoms with E-state index in [-0.39, 0.29) is 6.10 Å². The third-order valence-corrected chi connectivity index (χ3v) is 3.72. The number of thiazole rings is 1. The molecule has 0 saturated carbocycles. The molecule has 0 aromatic carbocycles. The van der Waals surface area contributed by atoms with Gasteiger partial charge in [-0.3, -0.25) is 4.40 Å². The van der Waals surface area contributed by atoms with E-state index in [0.29, 0.717) is 5.15 Å². The third-order valence-electron chi connectivity index (χ3n) is 2.66. The normalized spacial score (nSPS) is 13.7. The Kier molecular flexibility index (Phi) is 4.04. The summed E-state index contributed by atoms with van der Waals surface area (Å²) in [5.74, 6) is 0. The summed E-state index contributed by atoms with van der Waals surface area (Å²) >= 11 is 7.69. The summed E-state index contributed by atoms with van der Waals surface area (Å²) in [6.07, 6.45) is 2.48. The van der Waals surface area contributed by atoms with Crippen molar-refractivity contribution in [1.82, 2.24) is 14.3 Å². The van der Waals surface area contributed by atoms with Crippen LogP contribution >= 0.6 is 22.9 Å². The predicted molar refractivity (Wildman–Crippen MR) is 70.7 cm³/mol. The monoisotopic (exact) mass is 273 g/mol. The van der Waals surface area contributed by atoms with E-state index >= 15 is 0 Å². The summed E-state index contributed by atoms with van der Waals surface area (Å²) in [6, 6.07) is 0. The lowest BCUT2D eigenvalue weighted by Crippen LogP contribution is -2.22. The van der Waals surface area contributed by atoms with E-state index in [9.17, 15) is 5.11 Å². The fraction of sp³-hybridized carbons (Fsp3) is 0.545. The van der Waals surface area contributed by atoms with Crippen molar-refractivity contribution >= 4 is 27.9 Å². The SMILES string of the molecule is CC(O)CCN(C)Cc1c(Cl)nc2sccn12. The van der Waals surface area contributed by atoms with Crippen molar-refractivity contribution in [2.45, 2.75) is 26.0 Å². The molecule has 94 valence electrons. The number of aliphatic hydroxyl groups is 1. The van der Waals surface area contributed by atoms with Crippen molar-refractivity contribution in [1.29, 1.82) is 0 Å². The highest BCUT2D eigenvalue weighted by Gasteiger charge is 2.13. The first kappa shape index (κ1) is 12.8. The highest BCUT2D eigenvalue weighted by molar-refractivity contribution is 7.15. The largest absolute Gasteiger partial charge is 0.393 e. The molecule has 2 aromatic rings. The van der Waals surface area contributed by atoms with E-state index in [1.54, 1.807) is 18.3 Å². The first-order valence-corrected chi connectivity index (χ1v) is 6.80. The zero-order chi connectivity index (χ0) is 12.4.